The first-order valence-electron chi connectivity index (χ1n) is 4.99. The molecule has 0 aliphatic rings. The maximum absolute atomic E-state index is 11.2. The molecule has 0 unspecified atom stereocenters. The molecule has 15 heavy (non-hydrogen) atoms. The van der Waals surface area contributed by atoms with Gasteiger partial charge in [0, 0.05) is 32.2 Å². The number of nitrogens with one attached hydrogen (secondary N) is 2. The van der Waals surface area contributed by atoms with Crippen molar-refractivity contribution in [1.82, 2.24) is 10.6 Å². The Kier molecular flexibility index (Phi) is 4.80. The molecule has 1 amide bonds. The maximum Gasteiger partial charge on any atom is 0.251 e. The van der Waals surface area contributed by atoms with E-state index in [1.807, 2.05) is 24.3 Å². The molecule has 0 heterocycles. The SMILES string of the molecule is CNC(=O)c1ccc(CNCCN)cc1. The van der Waals surface area contributed by atoms with Crippen LogP contribution in [0.15, 0.2) is 24.3 Å². The number of nitrogens with two attached hydrogens (primary N) is 1. The summed E-state index contributed by atoms with van der Waals surface area (Å²) < 4.78 is 0. The van der Waals surface area contributed by atoms with E-state index in [-0.39, 0.29) is 5.91 Å². The summed E-state index contributed by atoms with van der Waals surface area (Å²) in [6, 6.07) is 7.51. The second-order valence-electron chi connectivity index (χ2n) is 3.24. The van der Waals surface area contributed by atoms with Gasteiger partial charge in [0.05, 0.1) is 0 Å². The van der Waals surface area contributed by atoms with Crippen LogP contribution in [0.3, 0.4) is 0 Å². The van der Waals surface area contributed by atoms with Crippen LogP contribution in [0.1, 0.15) is 15.9 Å². The zero-order valence-electron chi connectivity index (χ0n) is 8.92. The van der Waals surface area contributed by atoms with Crippen molar-refractivity contribution in [3.05, 3.63) is 35.4 Å². The van der Waals surface area contributed by atoms with Gasteiger partial charge in [-0.2, -0.15) is 0 Å². The Hall–Kier alpha value is -1.39. The Labute approximate surface area is 89.9 Å². The molecular weight excluding hydrogens is 190 g/mol. The normalized spacial score (nSPS) is 10.0. The summed E-state index contributed by atoms with van der Waals surface area (Å²) in [6.07, 6.45) is 0. The van der Waals surface area contributed by atoms with Crippen LogP contribution in [-0.2, 0) is 6.54 Å². The van der Waals surface area contributed by atoms with Crippen LogP contribution >= 0.6 is 0 Å². The van der Waals surface area contributed by atoms with Crippen molar-refractivity contribution in [2.45, 2.75) is 6.54 Å². The summed E-state index contributed by atoms with van der Waals surface area (Å²) in [5, 5.41) is 5.77. The molecule has 0 aromatic heterocycles. The van der Waals surface area contributed by atoms with Crippen molar-refractivity contribution < 1.29 is 4.79 Å². The smallest absolute Gasteiger partial charge is 0.251 e. The molecule has 0 saturated carbocycles. The minimum atomic E-state index is -0.0588. The minimum absolute atomic E-state index is 0.0588. The van der Waals surface area contributed by atoms with Gasteiger partial charge in [-0.15, -0.1) is 0 Å². The summed E-state index contributed by atoms with van der Waals surface area (Å²) in [6.45, 7) is 2.22. The molecule has 0 fully saturated rings. The Morgan fingerprint density at radius 2 is 2.00 bits per heavy atom. The van der Waals surface area contributed by atoms with Gasteiger partial charge in [0.15, 0.2) is 0 Å². The van der Waals surface area contributed by atoms with Gasteiger partial charge in [-0.3, -0.25) is 4.79 Å². The van der Waals surface area contributed by atoms with E-state index in [0.717, 1.165) is 18.7 Å². The van der Waals surface area contributed by atoms with Gasteiger partial charge in [-0.25, -0.2) is 0 Å². The predicted molar refractivity (Wildman–Crippen MR) is 60.6 cm³/mol. The van der Waals surface area contributed by atoms with E-state index in [2.05, 4.69) is 10.6 Å². The predicted octanol–water partition coefficient (Wildman–Crippen LogP) is 0.0945. The van der Waals surface area contributed by atoms with Gasteiger partial charge in [0.25, 0.3) is 5.91 Å². The summed E-state index contributed by atoms with van der Waals surface area (Å²) in [4.78, 5) is 11.2. The third-order valence-electron chi connectivity index (χ3n) is 2.09. The quantitative estimate of drug-likeness (QED) is 0.600. The Balaban J connectivity index is 2.52. The highest BCUT2D eigenvalue weighted by Crippen LogP contribution is 2.03. The lowest BCUT2D eigenvalue weighted by atomic mass is 10.1. The number of hydrogen-bond acceptors (Lipinski definition) is 3. The highest BCUT2D eigenvalue weighted by atomic mass is 16.1. The van der Waals surface area contributed by atoms with Crippen molar-refractivity contribution in [3.63, 3.8) is 0 Å². The second-order valence-corrected chi connectivity index (χ2v) is 3.24. The monoisotopic (exact) mass is 207 g/mol. The van der Waals surface area contributed by atoms with E-state index in [4.69, 9.17) is 5.73 Å². The zero-order chi connectivity index (χ0) is 11.1. The molecule has 0 atom stereocenters. The third-order valence-corrected chi connectivity index (χ3v) is 2.09. The van der Waals surface area contributed by atoms with Crippen LogP contribution in [0.25, 0.3) is 0 Å². The van der Waals surface area contributed by atoms with Crippen LogP contribution in [0, 0.1) is 0 Å². The molecule has 0 bridgehead atoms. The molecule has 1 aromatic carbocycles. The van der Waals surface area contributed by atoms with Crippen molar-refractivity contribution in [2.75, 3.05) is 20.1 Å². The van der Waals surface area contributed by atoms with Crippen LogP contribution in [0.5, 0.6) is 0 Å². The molecule has 0 saturated heterocycles. The molecule has 4 N–H and O–H groups in total. The molecule has 1 rings (SSSR count). The third kappa shape index (κ3) is 3.69. The number of hydrogen-bond donors (Lipinski definition) is 3. The fourth-order valence-corrected chi connectivity index (χ4v) is 1.25. The average Bonchev–Trinajstić information content (AvgIpc) is 2.29. The lowest BCUT2D eigenvalue weighted by Crippen LogP contribution is -2.22. The summed E-state index contributed by atoms with van der Waals surface area (Å²) in [5.41, 5.74) is 7.19. The van der Waals surface area contributed by atoms with Crippen LogP contribution in [0.2, 0.25) is 0 Å². The number of carbonyl (C=O) groups excluding carboxylic acids is 1. The van der Waals surface area contributed by atoms with Crippen molar-refractivity contribution in [1.29, 1.82) is 0 Å². The van der Waals surface area contributed by atoms with E-state index in [1.165, 1.54) is 0 Å². The van der Waals surface area contributed by atoms with Gasteiger partial charge in [-0.05, 0) is 17.7 Å². The molecule has 4 nitrogen and oxygen atoms in total. The van der Waals surface area contributed by atoms with Gasteiger partial charge < -0.3 is 16.4 Å². The molecule has 0 radical (unpaired) electrons. The van der Waals surface area contributed by atoms with Crippen LogP contribution in [0.4, 0.5) is 0 Å². The summed E-state index contributed by atoms with van der Waals surface area (Å²) in [5.74, 6) is -0.0588. The lowest BCUT2D eigenvalue weighted by molar-refractivity contribution is 0.0963. The molecule has 0 aliphatic heterocycles. The van der Waals surface area contributed by atoms with Crippen LogP contribution < -0.4 is 16.4 Å². The fraction of sp³-hybridized carbons (Fsp3) is 0.364. The number of benzene rings is 1. The molecule has 0 aliphatic carbocycles. The lowest BCUT2D eigenvalue weighted by Gasteiger charge is -2.04. The minimum Gasteiger partial charge on any atom is -0.355 e. The van der Waals surface area contributed by atoms with Crippen LogP contribution in [-0.4, -0.2) is 26.0 Å². The fourth-order valence-electron chi connectivity index (χ4n) is 1.25. The molecule has 0 spiro atoms. The van der Waals surface area contributed by atoms with E-state index >= 15 is 0 Å². The van der Waals surface area contributed by atoms with Crippen molar-refractivity contribution >= 4 is 5.91 Å². The Morgan fingerprint density at radius 1 is 1.33 bits per heavy atom. The number of carbonyl (C=O) groups is 1. The standard InChI is InChI=1S/C11H17N3O/c1-13-11(15)10-4-2-9(3-5-10)8-14-7-6-12/h2-5,14H,6-8,12H2,1H3,(H,13,15). The van der Waals surface area contributed by atoms with Gasteiger partial charge in [-0.1, -0.05) is 12.1 Å². The van der Waals surface area contributed by atoms with Gasteiger partial charge in [0.2, 0.25) is 0 Å². The second kappa shape index (κ2) is 6.16. The number of amides is 1. The Bertz CT molecular complexity index is 308. The van der Waals surface area contributed by atoms with Crippen molar-refractivity contribution in [3.8, 4) is 0 Å². The summed E-state index contributed by atoms with van der Waals surface area (Å²) >= 11 is 0. The number of rotatable bonds is 5. The largest absolute Gasteiger partial charge is 0.355 e. The molecule has 82 valence electrons. The highest BCUT2D eigenvalue weighted by molar-refractivity contribution is 5.93. The van der Waals surface area contributed by atoms with E-state index < -0.39 is 0 Å². The average molecular weight is 207 g/mol. The molecular formula is C11H17N3O. The Morgan fingerprint density at radius 3 is 2.53 bits per heavy atom. The first-order valence-corrected chi connectivity index (χ1v) is 4.99. The van der Waals surface area contributed by atoms with E-state index in [1.54, 1.807) is 7.05 Å². The molecule has 1 aromatic rings. The van der Waals surface area contributed by atoms with Gasteiger partial charge in [0.1, 0.15) is 0 Å². The highest BCUT2D eigenvalue weighted by Gasteiger charge is 2.01. The summed E-state index contributed by atoms with van der Waals surface area (Å²) in [7, 11) is 1.62. The van der Waals surface area contributed by atoms with E-state index in [0.29, 0.717) is 12.1 Å². The molecule has 4 heteroatoms. The zero-order valence-corrected chi connectivity index (χ0v) is 8.92. The maximum atomic E-state index is 11.2. The van der Waals surface area contributed by atoms with E-state index in [9.17, 15) is 4.79 Å². The van der Waals surface area contributed by atoms with Crippen molar-refractivity contribution in [2.24, 2.45) is 5.73 Å². The first kappa shape index (κ1) is 11.7. The first-order chi connectivity index (χ1) is 7.27. The topological polar surface area (TPSA) is 67.2 Å². The van der Waals surface area contributed by atoms with Gasteiger partial charge >= 0.3 is 0 Å².